The van der Waals surface area contributed by atoms with Gasteiger partial charge >= 0.3 is 0 Å². The van der Waals surface area contributed by atoms with Gasteiger partial charge < -0.3 is 14.2 Å². The van der Waals surface area contributed by atoms with E-state index >= 15 is 0 Å². The summed E-state index contributed by atoms with van der Waals surface area (Å²) in [6.07, 6.45) is -0.512. The third-order valence-electron chi connectivity index (χ3n) is 10.3. The monoisotopic (exact) mass is 667 g/mol. The number of furan rings is 2. The molecule has 1 aliphatic rings. The van der Waals surface area contributed by atoms with Crippen molar-refractivity contribution in [1.82, 2.24) is 5.32 Å². The summed E-state index contributed by atoms with van der Waals surface area (Å²) in [5.41, 5.74) is 8.28. The number of benzene rings is 8. The van der Waals surface area contributed by atoms with Crippen LogP contribution < -0.4 is 5.32 Å². The molecule has 1 atom stereocenters. The Bertz CT molecular complexity index is 3110. The lowest BCUT2D eigenvalue weighted by Crippen LogP contribution is -2.36. The summed E-state index contributed by atoms with van der Waals surface area (Å²) >= 11 is 0. The number of para-hydroxylation sites is 3. The van der Waals surface area contributed by atoms with Gasteiger partial charge in [-0.1, -0.05) is 146 Å². The van der Waals surface area contributed by atoms with E-state index in [0.29, 0.717) is 0 Å². The van der Waals surface area contributed by atoms with Gasteiger partial charge in [0.25, 0.3) is 0 Å². The van der Waals surface area contributed by atoms with Crippen molar-refractivity contribution in [1.29, 1.82) is 0 Å². The minimum Gasteiger partial charge on any atom is -0.455 e. The second-order valence-corrected chi connectivity index (χ2v) is 13.3. The number of hydrogen-bond acceptors (Lipinski definition) is 5. The van der Waals surface area contributed by atoms with Crippen molar-refractivity contribution in [2.45, 2.75) is 6.17 Å². The van der Waals surface area contributed by atoms with Gasteiger partial charge in [0, 0.05) is 49.4 Å². The summed E-state index contributed by atoms with van der Waals surface area (Å²) in [7, 11) is 0. The summed E-state index contributed by atoms with van der Waals surface area (Å²) in [5, 5.41) is 12.6. The van der Waals surface area contributed by atoms with Gasteiger partial charge in [0.1, 0.15) is 34.0 Å². The van der Waals surface area contributed by atoms with Gasteiger partial charge in [-0.15, -0.1) is 0 Å². The molecule has 0 saturated carbocycles. The lowest BCUT2D eigenvalue weighted by molar-refractivity contribution is 0.664. The number of nitrogens with zero attached hydrogens (tertiary/aromatic N) is 2. The molecule has 0 spiro atoms. The highest BCUT2D eigenvalue weighted by Gasteiger charge is 2.25. The maximum absolute atomic E-state index is 6.75. The molecule has 0 aliphatic carbocycles. The minimum absolute atomic E-state index is 0.512. The molecule has 0 amide bonds. The molecule has 1 unspecified atom stereocenters. The standard InChI is InChI=1S/C47H29N3O2/c1-2-12-30(13-3-1)45-48-46(31-26-25-29-24-23-28-11-4-5-14-32(28)39(29)27-31)50-47(49-45)38-20-10-22-41-42(38)37-19-9-18-36(44(37)52-41)35-17-8-16-34-33-15-6-7-21-40(33)51-43(34)35/h1-27,47H,(H,48,49,50). The average Bonchev–Trinajstić information content (AvgIpc) is 3.80. The van der Waals surface area contributed by atoms with E-state index in [1.165, 1.54) is 21.5 Å². The van der Waals surface area contributed by atoms with Crippen molar-refractivity contribution in [3.05, 3.63) is 180 Å². The van der Waals surface area contributed by atoms with Gasteiger partial charge in [-0.25, -0.2) is 9.98 Å². The Morgan fingerprint density at radius 1 is 0.423 bits per heavy atom. The topological polar surface area (TPSA) is 63.0 Å². The van der Waals surface area contributed by atoms with E-state index in [0.717, 1.165) is 83.4 Å². The van der Waals surface area contributed by atoms with Gasteiger partial charge in [0.15, 0.2) is 6.17 Å². The van der Waals surface area contributed by atoms with Crippen molar-refractivity contribution in [2.75, 3.05) is 0 Å². The van der Waals surface area contributed by atoms with Crippen LogP contribution in [0.25, 0.3) is 76.5 Å². The third-order valence-corrected chi connectivity index (χ3v) is 10.3. The number of aliphatic imine (C=N–C) groups is 2. The molecule has 52 heavy (non-hydrogen) atoms. The molecule has 0 fully saturated rings. The molecule has 2 aromatic heterocycles. The smallest absolute Gasteiger partial charge is 0.170 e. The quantitative estimate of drug-likeness (QED) is 0.190. The molecule has 5 nitrogen and oxygen atoms in total. The first-order chi connectivity index (χ1) is 25.8. The lowest BCUT2D eigenvalue weighted by atomic mass is 9.98. The maximum Gasteiger partial charge on any atom is 0.170 e. The molecule has 5 heteroatoms. The average molecular weight is 668 g/mol. The van der Waals surface area contributed by atoms with Crippen LogP contribution in [0, 0.1) is 0 Å². The van der Waals surface area contributed by atoms with E-state index in [9.17, 15) is 0 Å². The van der Waals surface area contributed by atoms with Gasteiger partial charge in [0.2, 0.25) is 0 Å². The Morgan fingerprint density at radius 2 is 1.02 bits per heavy atom. The number of rotatable bonds is 4. The van der Waals surface area contributed by atoms with Crippen molar-refractivity contribution in [3.63, 3.8) is 0 Å². The largest absolute Gasteiger partial charge is 0.455 e. The highest BCUT2D eigenvalue weighted by Crippen LogP contribution is 2.43. The van der Waals surface area contributed by atoms with Crippen molar-refractivity contribution in [2.24, 2.45) is 9.98 Å². The number of nitrogens with one attached hydrogen (secondary N) is 1. The van der Waals surface area contributed by atoms with Gasteiger partial charge in [-0.2, -0.15) is 0 Å². The first-order valence-corrected chi connectivity index (χ1v) is 17.5. The summed E-state index contributed by atoms with van der Waals surface area (Å²) in [6.45, 7) is 0. The predicted octanol–water partition coefficient (Wildman–Crippen LogP) is 12.0. The molecule has 3 heterocycles. The Labute approximate surface area is 298 Å². The highest BCUT2D eigenvalue weighted by molar-refractivity contribution is 6.19. The normalized spacial score (nSPS) is 14.7. The molecule has 10 aromatic rings. The molecule has 1 aliphatic heterocycles. The van der Waals surface area contributed by atoms with Crippen LogP contribution in [-0.4, -0.2) is 11.7 Å². The lowest BCUT2D eigenvalue weighted by Gasteiger charge is -2.23. The Kier molecular flexibility index (Phi) is 6.25. The first-order valence-electron chi connectivity index (χ1n) is 17.5. The van der Waals surface area contributed by atoms with Crippen LogP contribution in [-0.2, 0) is 0 Å². The Balaban J connectivity index is 1.11. The maximum atomic E-state index is 6.75. The molecule has 0 bridgehead atoms. The molecule has 0 saturated heterocycles. The molecular formula is C47H29N3O2. The fourth-order valence-corrected chi connectivity index (χ4v) is 7.89. The van der Waals surface area contributed by atoms with Crippen molar-refractivity contribution in [3.8, 4) is 11.1 Å². The molecule has 1 N–H and O–H groups in total. The van der Waals surface area contributed by atoms with E-state index in [2.05, 4.69) is 121 Å². The van der Waals surface area contributed by atoms with Crippen LogP contribution in [0.1, 0.15) is 22.9 Å². The van der Waals surface area contributed by atoms with Gasteiger partial charge in [-0.05, 0) is 39.7 Å². The van der Waals surface area contributed by atoms with Crippen LogP contribution in [0.3, 0.4) is 0 Å². The zero-order valence-corrected chi connectivity index (χ0v) is 27.9. The number of amidine groups is 2. The van der Waals surface area contributed by atoms with E-state index in [1.807, 2.05) is 48.5 Å². The second kappa shape index (κ2) is 11.3. The summed E-state index contributed by atoms with van der Waals surface area (Å²) in [5.74, 6) is 1.55. The fraction of sp³-hybridized carbons (Fsp3) is 0.0213. The molecule has 244 valence electrons. The van der Waals surface area contributed by atoms with Crippen LogP contribution in [0.4, 0.5) is 0 Å². The van der Waals surface area contributed by atoms with E-state index in [1.54, 1.807) is 0 Å². The zero-order chi connectivity index (χ0) is 34.2. The van der Waals surface area contributed by atoms with Crippen molar-refractivity contribution >= 4 is 77.1 Å². The Morgan fingerprint density at radius 3 is 1.87 bits per heavy atom. The van der Waals surface area contributed by atoms with Gasteiger partial charge in [0.05, 0.1) is 0 Å². The molecule has 0 radical (unpaired) electrons. The Hall–Kier alpha value is -6.98. The SMILES string of the molecule is c1ccc(C2=NC(c3cccc4oc5c(-c6cccc7c6oc6ccccc67)cccc5c34)N=C(c3ccc4ccc5ccccc5c4c3)N2)cc1. The minimum atomic E-state index is -0.512. The predicted molar refractivity (Wildman–Crippen MR) is 213 cm³/mol. The van der Waals surface area contributed by atoms with Crippen LogP contribution in [0.15, 0.2) is 183 Å². The van der Waals surface area contributed by atoms with Crippen LogP contribution in [0.5, 0.6) is 0 Å². The van der Waals surface area contributed by atoms with E-state index < -0.39 is 6.17 Å². The molecular weight excluding hydrogens is 639 g/mol. The molecule has 11 rings (SSSR count). The van der Waals surface area contributed by atoms with E-state index in [4.69, 9.17) is 18.8 Å². The third kappa shape index (κ3) is 4.42. The zero-order valence-electron chi connectivity index (χ0n) is 27.9. The second-order valence-electron chi connectivity index (χ2n) is 13.3. The van der Waals surface area contributed by atoms with Crippen LogP contribution >= 0.6 is 0 Å². The van der Waals surface area contributed by atoms with Gasteiger partial charge in [-0.3, -0.25) is 0 Å². The summed E-state index contributed by atoms with van der Waals surface area (Å²) in [6, 6.07) is 56.8. The fourth-order valence-electron chi connectivity index (χ4n) is 7.89. The first kappa shape index (κ1) is 28.8. The number of hydrogen-bond donors (Lipinski definition) is 1. The van der Waals surface area contributed by atoms with E-state index in [-0.39, 0.29) is 0 Å². The number of fused-ring (bicyclic) bond motifs is 9. The van der Waals surface area contributed by atoms with Crippen LogP contribution in [0.2, 0.25) is 0 Å². The summed E-state index contributed by atoms with van der Waals surface area (Å²) < 4.78 is 13.2. The molecule has 8 aromatic carbocycles. The summed E-state index contributed by atoms with van der Waals surface area (Å²) in [4.78, 5) is 10.6. The highest BCUT2D eigenvalue weighted by atomic mass is 16.3. The van der Waals surface area contributed by atoms with Crippen molar-refractivity contribution < 1.29 is 8.83 Å².